The van der Waals surface area contributed by atoms with Crippen molar-refractivity contribution in [3.05, 3.63) is 125 Å². The molecule has 0 saturated carbocycles. The Bertz CT molecular complexity index is 1780. The highest BCUT2D eigenvalue weighted by Crippen LogP contribution is 2.37. The quantitative estimate of drug-likeness (QED) is 0.221. The van der Waals surface area contributed by atoms with E-state index in [1.807, 2.05) is 0 Å². The fraction of sp³-hybridized carbons (Fsp3) is 0.143. The summed E-state index contributed by atoms with van der Waals surface area (Å²) < 4.78 is 17.4. The first-order chi connectivity index (χ1) is 18.7. The van der Waals surface area contributed by atoms with Crippen LogP contribution in [0.15, 0.2) is 103 Å². The summed E-state index contributed by atoms with van der Waals surface area (Å²) in [6.07, 6.45) is 1.50. The number of ether oxygens (including phenoxy) is 3. The monoisotopic (exact) mass is 498 g/mol. The Labute approximate surface area is 223 Å². The summed E-state index contributed by atoms with van der Waals surface area (Å²) in [5.74, 6) is 2.70. The van der Waals surface area contributed by atoms with E-state index in [0.29, 0.717) is 6.42 Å². The van der Waals surface area contributed by atoms with Crippen LogP contribution in [0.2, 0.25) is 0 Å². The molecule has 0 spiro atoms. The molecular weight excluding hydrogens is 468 g/mol. The van der Waals surface area contributed by atoms with Gasteiger partial charge in [0.2, 0.25) is 0 Å². The van der Waals surface area contributed by atoms with Crippen LogP contribution in [0.4, 0.5) is 0 Å². The second-order valence-electron chi connectivity index (χ2n) is 9.59. The molecule has 0 heterocycles. The zero-order valence-corrected chi connectivity index (χ0v) is 22.0. The molecule has 38 heavy (non-hydrogen) atoms. The van der Waals surface area contributed by atoms with E-state index < -0.39 is 0 Å². The maximum Gasteiger partial charge on any atom is 0.123 e. The van der Waals surface area contributed by atoms with Gasteiger partial charge in [0, 0.05) is 29.5 Å². The molecule has 0 atom stereocenters. The first-order valence-corrected chi connectivity index (χ1v) is 12.9. The van der Waals surface area contributed by atoms with Gasteiger partial charge in [-0.3, -0.25) is 0 Å². The van der Waals surface area contributed by atoms with Gasteiger partial charge in [-0.15, -0.1) is 0 Å². The van der Waals surface area contributed by atoms with Gasteiger partial charge in [0.1, 0.15) is 17.2 Å². The molecule has 0 saturated heterocycles. The second kappa shape index (κ2) is 10.1. The average Bonchev–Trinajstić information content (AvgIpc) is 2.97. The van der Waals surface area contributed by atoms with E-state index in [0.717, 1.165) is 29.2 Å². The van der Waals surface area contributed by atoms with Crippen LogP contribution in [0.1, 0.15) is 22.3 Å². The minimum Gasteiger partial charge on any atom is -0.496 e. The van der Waals surface area contributed by atoms with Crippen LogP contribution >= 0.6 is 0 Å². The fourth-order valence-electron chi connectivity index (χ4n) is 5.67. The molecular formula is C35H30O3. The minimum atomic E-state index is 0.710. The lowest BCUT2D eigenvalue weighted by molar-refractivity contribution is 0.406. The van der Waals surface area contributed by atoms with Gasteiger partial charge >= 0.3 is 0 Å². The van der Waals surface area contributed by atoms with Crippen LogP contribution in [-0.2, 0) is 12.8 Å². The molecule has 0 bridgehead atoms. The van der Waals surface area contributed by atoms with Gasteiger partial charge in [-0.25, -0.2) is 0 Å². The van der Waals surface area contributed by atoms with Crippen molar-refractivity contribution in [2.24, 2.45) is 0 Å². The van der Waals surface area contributed by atoms with Crippen molar-refractivity contribution in [2.75, 3.05) is 21.3 Å². The first kappa shape index (κ1) is 23.9. The van der Waals surface area contributed by atoms with Gasteiger partial charge in [0.05, 0.1) is 21.3 Å². The molecule has 0 fully saturated rings. The van der Waals surface area contributed by atoms with E-state index in [-0.39, 0.29) is 0 Å². The van der Waals surface area contributed by atoms with Gasteiger partial charge < -0.3 is 14.2 Å². The number of methoxy groups -OCH3 is 3. The summed E-state index contributed by atoms with van der Waals surface area (Å²) in [6.45, 7) is 0. The summed E-state index contributed by atoms with van der Waals surface area (Å²) in [5, 5.41) is 7.23. The van der Waals surface area contributed by atoms with Crippen LogP contribution in [0, 0.1) is 0 Å². The predicted octanol–water partition coefficient (Wildman–Crippen LogP) is 8.35. The van der Waals surface area contributed by atoms with E-state index in [4.69, 9.17) is 14.2 Å². The lowest BCUT2D eigenvalue weighted by atomic mass is 9.91. The first-order valence-electron chi connectivity index (χ1n) is 12.9. The Morgan fingerprint density at radius 1 is 0.421 bits per heavy atom. The maximum atomic E-state index is 5.86. The topological polar surface area (TPSA) is 27.7 Å². The molecule has 6 aromatic rings. The van der Waals surface area contributed by atoms with Crippen LogP contribution in [0.3, 0.4) is 0 Å². The van der Waals surface area contributed by atoms with Crippen molar-refractivity contribution in [1.82, 2.24) is 0 Å². The third-order valence-corrected chi connectivity index (χ3v) is 7.54. The average molecular weight is 499 g/mol. The van der Waals surface area contributed by atoms with E-state index in [1.54, 1.807) is 21.3 Å². The normalized spacial score (nSPS) is 11.2. The SMILES string of the molecule is COc1ccc2ccccc2c1Cc1ccc2c(Cc3c(OC)ccc4ccccc34)c(OC)ccc2c1. The fourth-order valence-corrected chi connectivity index (χ4v) is 5.67. The molecule has 0 N–H and O–H groups in total. The van der Waals surface area contributed by atoms with E-state index >= 15 is 0 Å². The number of rotatable bonds is 7. The Kier molecular flexibility index (Phi) is 6.35. The van der Waals surface area contributed by atoms with Crippen molar-refractivity contribution in [3.63, 3.8) is 0 Å². The Morgan fingerprint density at radius 3 is 1.39 bits per heavy atom. The number of hydrogen-bond donors (Lipinski definition) is 0. The zero-order chi connectivity index (χ0) is 26.1. The molecule has 0 unspecified atom stereocenters. The van der Waals surface area contributed by atoms with Crippen LogP contribution in [-0.4, -0.2) is 21.3 Å². The molecule has 0 aliphatic heterocycles. The molecule has 0 aliphatic carbocycles. The number of benzene rings is 6. The van der Waals surface area contributed by atoms with Crippen molar-refractivity contribution in [1.29, 1.82) is 0 Å². The number of fused-ring (bicyclic) bond motifs is 3. The highest BCUT2D eigenvalue weighted by atomic mass is 16.5. The third-order valence-electron chi connectivity index (χ3n) is 7.54. The predicted molar refractivity (Wildman–Crippen MR) is 157 cm³/mol. The van der Waals surface area contributed by atoms with Gasteiger partial charge in [0.25, 0.3) is 0 Å². The van der Waals surface area contributed by atoms with Crippen molar-refractivity contribution < 1.29 is 14.2 Å². The highest BCUT2D eigenvalue weighted by Gasteiger charge is 2.16. The second-order valence-corrected chi connectivity index (χ2v) is 9.59. The Morgan fingerprint density at radius 2 is 0.868 bits per heavy atom. The molecule has 0 aromatic heterocycles. The lowest BCUT2D eigenvalue weighted by Gasteiger charge is -2.17. The summed E-state index contributed by atoms with van der Waals surface area (Å²) in [6, 6.07) is 36.3. The van der Waals surface area contributed by atoms with Gasteiger partial charge in [-0.2, -0.15) is 0 Å². The molecule has 6 aromatic carbocycles. The third kappa shape index (κ3) is 4.20. The van der Waals surface area contributed by atoms with Crippen molar-refractivity contribution in [3.8, 4) is 17.2 Å². The van der Waals surface area contributed by atoms with Crippen molar-refractivity contribution >= 4 is 32.3 Å². The molecule has 0 aliphatic rings. The van der Waals surface area contributed by atoms with Crippen LogP contribution < -0.4 is 14.2 Å². The smallest absolute Gasteiger partial charge is 0.123 e. The molecule has 3 heteroatoms. The Balaban J connectivity index is 1.45. The zero-order valence-electron chi connectivity index (χ0n) is 22.0. The summed E-state index contributed by atoms with van der Waals surface area (Å²) in [4.78, 5) is 0. The summed E-state index contributed by atoms with van der Waals surface area (Å²) in [7, 11) is 5.22. The summed E-state index contributed by atoms with van der Waals surface area (Å²) >= 11 is 0. The largest absolute Gasteiger partial charge is 0.496 e. The Hall–Kier alpha value is -4.50. The summed E-state index contributed by atoms with van der Waals surface area (Å²) in [5.41, 5.74) is 4.78. The van der Waals surface area contributed by atoms with Crippen molar-refractivity contribution in [2.45, 2.75) is 12.8 Å². The lowest BCUT2D eigenvalue weighted by Crippen LogP contribution is -2.00. The molecule has 0 amide bonds. The molecule has 6 rings (SSSR count). The van der Waals surface area contributed by atoms with E-state index in [2.05, 4.69) is 103 Å². The van der Waals surface area contributed by atoms with Crippen LogP contribution in [0.5, 0.6) is 17.2 Å². The maximum absolute atomic E-state index is 5.86. The molecule has 3 nitrogen and oxygen atoms in total. The van der Waals surface area contributed by atoms with Gasteiger partial charge in [-0.05, 0) is 56.1 Å². The highest BCUT2D eigenvalue weighted by molar-refractivity contribution is 5.92. The van der Waals surface area contributed by atoms with E-state index in [1.165, 1.54) is 49.0 Å². The van der Waals surface area contributed by atoms with Crippen LogP contribution in [0.25, 0.3) is 32.3 Å². The van der Waals surface area contributed by atoms with Gasteiger partial charge in [-0.1, -0.05) is 84.9 Å². The molecule has 0 radical (unpaired) electrons. The standard InChI is InChI=1S/C35H30O3/c1-36-33-17-13-24-8-4-6-10-27(24)30(33)21-23-12-16-29-26(20-23)15-19-35(38-3)32(29)22-31-28-11-7-5-9-25(28)14-18-34(31)37-2/h4-20H,21-22H2,1-3H3. The number of hydrogen-bond acceptors (Lipinski definition) is 3. The minimum absolute atomic E-state index is 0.710. The van der Waals surface area contributed by atoms with Gasteiger partial charge in [0.15, 0.2) is 0 Å². The van der Waals surface area contributed by atoms with E-state index in [9.17, 15) is 0 Å². The molecule has 188 valence electrons.